The summed E-state index contributed by atoms with van der Waals surface area (Å²) >= 11 is 7.13. The van der Waals surface area contributed by atoms with Gasteiger partial charge in [0, 0.05) is 5.56 Å². The largest absolute Gasteiger partial charge is 0.320 e. The second-order valence-electron chi connectivity index (χ2n) is 4.75. The number of anilines is 1. The molecule has 2 aromatic carbocycles. The fourth-order valence-corrected chi connectivity index (χ4v) is 2.75. The average molecular weight is 330 g/mol. The minimum Gasteiger partial charge on any atom is -0.320 e. The van der Waals surface area contributed by atoms with Crippen molar-refractivity contribution in [1.29, 1.82) is 0 Å². The Bertz CT molecular complexity index is 814. The maximum absolute atomic E-state index is 12.4. The van der Waals surface area contributed by atoms with E-state index in [2.05, 4.69) is 14.9 Å². The maximum atomic E-state index is 12.4. The summed E-state index contributed by atoms with van der Waals surface area (Å²) in [5, 5.41) is 7.36. The maximum Gasteiger partial charge on any atom is 0.269 e. The van der Waals surface area contributed by atoms with Crippen LogP contribution in [0.1, 0.15) is 15.2 Å². The average Bonchev–Trinajstić information content (AvgIpc) is 3.00. The van der Waals surface area contributed by atoms with Crippen molar-refractivity contribution in [3.63, 3.8) is 0 Å². The molecule has 0 spiro atoms. The molecule has 0 saturated carbocycles. The number of halogens is 1. The van der Waals surface area contributed by atoms with Crippen molar-refractivity contribution in [1.82, 2.24) is 9.59 Å². The van der Waals surface area contributed by atoms with Crippen LogP contribution in [0.5, 0.6) is 0 Å². The van der Waals surface area contributed by atoms with Crippen LogP contribution in [0.15, 0.2) is 48.5 Å². The number of carbonyl (C=O) groups is 1. The van der Waals surface area contributed by atoms with Crippen molar-refractivity contribution >= 4 is 34.7 Å². The van der Waals surface area contributed by atoms with Gasteiger partial charge in [0.25, 0.3) is 5.91 Å². The molecule has 110 valence electrons. The molecule has 0 saturated heterocycles. The van der Waals surface area contributed by atoms with Crippen LogP contribution < -0.4 is 5.32 Å². The summed E-state index contributed by atoms with van der Waals surface area (Å²) < 4.78 is 3.90. The normalized spacial score (nSPS) is 10.5. The molecule has 0 radical (unpaired) electrons. The number of benzene rings is 2. The Morgan fingerprint density at radius 2 is 1.86 bits per heavy atom. The number of para-hydroxylation sites is 1. The molecule has 22 heavy (non-hydrogen) atoms. The molecule has 3 rings (SSSR count). The number of carbonyl (C=O) groups excluding carboxylic acids is 1. The first kappa shape index (κ1) is 14.7. The first-order valence-corrected chi connectivity index (χ1v) is 7.75. The number of nitrogens with zero attached hydrogens (tertiary/aromatic N) is 2. The van der Waals surface area contributed by atoms with Gasteiger partial charge >= 0.3 is 0 Å². The second kappa shape index (κ2) is 6.25. The molecule has 0 atom stereocenters. The standard InChI is InChI=1S/C16H12ClN3OS/c1-10-6-8-11(9-7-10)14-15(22-20-19-14)16(21)18-13-5-3-2-4-12(13)17/h2-9H,1H3,(H,18,21). The lowest BCUT2D eigenvalue weighted by Crippen LogP contribution is -2.11. The van der Waals surface area contributed by atoms with Gasteiger partial charge in [-0.1, -0.05) is 58.1 Å². The van der Waals surface area contributed by atoms with Gasteiger partial charge in [-0.3, -0.25) is 4.79 Å². The molecule has 4 nitrogen and oxygen atoms in total. The Morgan fingerprint density at radius 3 is 2.59 bits per heavy atom. The molecule has 0 unspecified atom stereocenters. The second-order valence-corrected chi connectivity index (χ2v) is 5.91. The molecule has 0 bridgehead atoms. The minimum absolute atomic E-state index is 0.265. The van der Waals surface area contributed by atoms with Crippen LogP contribution in [-0.2, 0) is 0 Å². The fraction of sp³-hybridized carbons (Fsp3) is 0.0625. The number of nitrogens with one attached hydrogen (secondary N) is 1. The van der Waals surface area contributed by atoms with Crippen molar-refractivity contribution in [2.75, 3.05) is 5.32 Å². The zero-order valence-electron chi connectivity index (χ0n) is 11.7. The van der Waals surface area contributed by atoms with Gasteiger partial charge < -0.3 is 5.32 Å². The molecule has 0 aliphatic rings. The third kappa shape index (κ3) is 3.00. The van der Waals surface area contributed by atoms with E-state index < -0.39 is 0 Å². The molecule has 0 aliphatic heterocycles. The minimum atomic E-state index is -0.265. The number of hydrogen-bond donors (Lipinski definition) is 1. The summed E-state index contributed by atoms with van der Waals surface area (Å²) in [5.41, 5.74) is 3.16. The topological polar surface area (TPSA) is 54.9 Å². The van der Waals surface area contributed by atoms with E-state index in [4.69, 9.17) is 11.6 Å². The van der Waals surface area contributed by atoms with E-state index in [9.17, 15) is 4.79 Å². The monoisotopic (exact) mass is 329 g/mol. The Balaban J connectivity index is 1.90. The molecule has 1 amide bonds. The summed E-state index contributed by atoms with van der Waals surface area (Å²) in [7, 11) is 0. The van der Waals surface area contributed by atoms with Gasteiger partial charge in [0.15, 0.2) is 0 Å². The van der Waals surface area contributed by atoms with Crippen LogP contribution in [0.3, 0.4) is 0 Å². The van der Waals surface area contributed by atoms with E-state index in [1.807, 2.05) is 43.3 Å². The SMILES string of the molecule is Cc1ccc(-c2nnsc2C(=O)Nc2ccccc2Cl)cc1. The lowest BCUT2D eigenvalue weighted by Gasteiger charge is -2.06. The molecule has 0 aliphatic carbocycles. The van der Waals surface area contributed by atoms with Gasteiger partial charge in [0.1, 0.15) is 10.6 Å². The van der Waals surface area contributed by atoms with Crippen molar-refractivity contribution in [2.45, 2.75) is 6.92 Å². The Hall–Kier alpha value is -2.24. The Labute approximate surface area is 136 Å². The highest BCUT2D eigenvalue weighted by atomic mass is 35.5. The fourth-order valence-electron chi connectivity index (χ4n) is 1.98. The number of aromatic nitrogens is 2. The van der Waals surface area contributed by atoms with Crippen LogP contribution in [0.2, 0.25) is 5.02 Å². The van der Waals surface area contributed by atoms with Crippen LogP contribution in [0.4, 0.5) is 5.69 Å². The van der Waals surface area contributed by atoms with Gasteiger partial charge in [-0.15, -0.1) is 5.10 Å². The van der Waals surface area contributed by atoms with E-state index in [1.165, 1.54) is 0 Å². The highest BCUT2D eigenvalue weighted by Crippen LogP contribution is 2.27. The Morgan fingerprint density at radius 1 is 1.14 bits per heavy atom. The first-order valence-electron chi connectivity index (χ1n) is 6.60. The van der Waals surface area contributed by atoms with Crippen LogP contribution in [0.25, 0.3) is 11.3 Å². The summed E-state index contributed by atoms with van der Waals surface area (Å²) in [5.74, 6) is -0.265. The van der Waals surface area contributed by atoms with Crippen LogP contribution in [0, 0.1) is 6.92 Å². The van der Waals surface area contributed by atoms with Gasteiger partial charge in [-0.25, -0.2) is 0 Å². The number of rotatable bonds is 3. The number of amides is 1. The highest BCUT2D eigenvalue weighted by molar-refractivity contribution is 7.08. The van der Waals surface area contributed by atoms with Gasteiger partial charge in [0.05, 0.1) is 10.7 Å². The molecule has 3 aromatic rings. The number of aryl methyl sites for hydroxylation is 1. The van der Waals surface area contributed by atoms with Gasteiger partial charge in [-0.2, -0.15) is 0 Å². The molecular formula is C16H12ClN3OS. The molecule has 1 aromatic heterocycles. The predicted molar refractivity (Wildman–Crippen MR) is 89.5 cm³/mol. The molecule has 1 N–H and O–H groups in total. The van der Waals surface area contributed by atoms with Crippen molar-refractivity contribution in [3.8, 4) is 11.3 Å². The van der Waals surface area contributed by atoms with E-state index in [1.54, 1.807) is 12.1 Å². The summed E-state index contributed by atoms with van der Waals surface area (Å²) in [4.78, 5) is 12.9. The van der Waals surface area contributed by atoms with Gasteiger partial charge in [0.2, 0.25) is 0 Å². The smallest absolute Gasteiger partial charge is 0.269 e. The predicted octanol–water partition coefficient (Wildman–Crippen LogP) is 4.42. The molecule has 0 fully saturated rings. The summed E-state index contributed by atoms with van der Waals surface area (Å²) in [6.45, 7) is 2.01. The van der Waals surface area contributed by atoms with E-state index >= 15 is 0 Å². The Kier molecular flexibility index (Phi) is 4.18. The lowest BCUT2D eigenvalue weighted by molar-refractivity contribution is 0.103. The van der Waals surface area contributed by atoms with Crippen molar-refractivity contribution in [2.24, 2.45) is 0 Å². The van der Waals surface area contributed by atoms with E-state index in [0.29, 0.717) is 21.3 Å². The first-order chi connectivity index (χ1) is 10.6. The van der Waals surface area contributed by atoms with Crippen molar-refractivity contribution < 1.29 is 4.79 Å². The summed E-state index contributed by atoms with van der Waals surface area (Å²) in [6.07, 6.45) is 0. The van der Waals surface area contributed by atoms with E-state index in [-0.39, 0.29) is 5.91 Å². The zero-order valence-corrected chi connectivity index (χ0v) is 13.3. The third-order valence-electron chi connectivity index (χ3n) is 3.14. The zero-order chi connectivity index (χ0) is 15.5. The number of hydrogen-bond acceptors (Lipinski definition) is 4. The van der Waals surface area contributed by atoms with Crippen LogP contribution >= 0.6 is 23.1 Å². The van der Waals surface area contributed by atoms with Crippen LogP contribution in [-0.4, -0.2) is 15.5 Å². The van der Waals surface area contributed by atoms with Gasteiger partial charge in [-0.05, 0) is 30.6 Å². The quantitative estimate of drug-likeness (QED) is 0.774. The third-order valence-corrected chi connectivity index (χ3v) is 4.20. The lowest BCUT2D eigenvalue weighted by atomic mass is 10.1. The highest BCUT2D eigenvalue weighted by Gasteiger charge is 2.18. The summed E-state index contributed by atoms with van der Waals surface area (Å²) in [6, 6.07) is 14.9. The molecular weight excluding hydrogens is 318 g/mol. The van der Waals surface area contributed by atoms with Crippen molar-refractivity contribution in [3.05, 3.63) is 64.0 Å². The molecule has 6 heteroatoms. The van der Waals surface area contributed by atoms with E-state index in [0.717, 1.165) is 22.7 Å². The molecule has 1 heterocycles.